The van der Waals surface area contributed by atoms with Crippen LogP contribution >= 0.6 is 9.38 Å². The van der Waals surface area contributed by atoms with Crippen LogP contribution in [-0.2, 0) is 0 Å². The molecule has 0 rings (SSSR count). The second-order valence-corrected chi connectivity index (χ2v) is 27.4. The Balaban J connectivity index is 6.80. The molecule has 0 saturated carbocycles. The summed E-state index contributed by atoms with van der Waals surface area (Å²) < 4.78 is 2.93. The molecule has 5 heteroatoms. The van der Waals surface area contributed by atoms with Gasteiger partial charge < -0.3 is 0 Å². The fourth-order valence-corrected chi connectivity index (χ4v) is 22.1. The second-order valence-electron chi connectivity index (χ2n) is 9.92. The Morgan fingerprint density at radius 3 is 0.952 bits per heavy atom. The van der Waals surface area contributed by atoms with E-state index in [9.17, 15) is 0 Å². The minimum atomic E-state index is -1.46. The summed E-state index contributed by atoms with van der Waals surface area (Å²) in [6.07, 6.45) is 0. The number of nitrogens with zero attached hydrogens (tertiary/aromatic N) is 1. The molecule has 0 bridgehead atoms. The summed E-state index contributed by atoms with van der Waals surface area (Å²) >= 11 is 4.80. The van der Waals surface area contributed by atoms with Gasteiger partial charge in [-0.15, -0.1) is 0 Å². The summed E-state index contributed by atoms with van der Waals surface area (Å²) in [5.74, 6) is 0. The molecule has 0 saturated heterocycles. The van der Waals surface area contributed by atoms with Gasteiger partial charge in [0.1, 0.15) is 0 Å². The van der Waals surface area contributed by atoms with Crippen molar-refractivity contribution in [2.45, 2.75) is 104 Å². The fraction of sp³-hybridized carbons (Fsp3) is 1.00. The van der Waals surface area contributed by atoms with Crippen LogP contribution in [0.2, 0.25) is 0 Å². The third-order valence-corrected chi connectivity index (χ3v) is 35.7. The average Bonchev–Trinajstić information content (AvgIpc) is 2.09. The SMILES string of the molecule is CC(C)(C)P(=[Te])(N=P([Te])(C(C)(C)C)C(C)(C)C)C(C)(C)C. The van der Waals surface area contributed by atoms with E-state index in [1.54, 1.807) is 0 Å². The Hall–Kier alpha value is 2.24. The first-order valence-electron chi connectivity index (χ1n) is 7.66. The van der Waals surface area contributed by atoms with Crippen LogP contribution in [0.3, 0.4) is 0 Å². The van der Waals surface area contributed by atoms with E-state index < -0.39 is 9.38 Å². The molecule has 0 amide bonds. The number of hydrogen-bond donors (Lipinski definition) is 0. The van der Waals surface area contributed by atoms with Gasteiger partial charge in [-0.2, -0.15) is 0 Å². The Morgan fingerprint density at radius 1 is 0.571 bits per heavy atom. The Bertz CT molecular complexity index is 444. The van der Waals surface area contributed by atoms with E-state index in [4.69, 9.17) is 4.52 Å². The first-order chi connectivity index (χ1) is 8.71. The molecule has 0 aliphatic carbocycles. The van der Waals surface area contributed by atoms with Gasteiger partial charge in [0.25, 0.3) is 0 Å². The van der Waals surface area contributed by atoms with E-state index in [1.807, 2.05) is 0 Å². The van der Waals surface area contributed by atoms with Crippen LogP contribution in [-0.4, -0.2) is 63.6 Å². The summed E-state index contributed by atoms with van der Waals surface area (Å²) in [4.78, 5) is 0. The molecule has 0 aromatic heterocycles. The summed E-state index contributed by atoms with van der Waals surface area (Å²) in [6.45, 7) is 28.8. The number of rotatable bonds is 1. The molecule has 0 aliphatic heterocycles. The molecule has 0 aliphatic rings. The van der Waals surface area contributed by atoms with Crippen LogP contribution in [0.15, 0.2) is 4.52 Å². The monoisotopic (exact) mass is 564 g/mol. The van der Waals surface area contributed by atoms with E-state index in [0.717, 1.165) is 0 Å². The molecule has 0 spiro atoms. The van der Waals surface area contributed by atoms with Crippen LogP contribution in [0.1, 0.15) is 83.1 Å². The molecule has 1 nitrogen and oxygen atoms in total. The van der Waals surface area contributed by atoms with Crippen molar-refractivity contribution in [3.05, 3.63) is 0 Å². The first kappa shape index (κ1) is 23.2. The van der Waals surface area contributed by atoms with E-state index in [0.29, 0.717) is 0 Å². The van der Waals surface area contributed by atoms with E-state index >= 15 is 0 Å². The molecule has 0 N–H and O–H groups in total. The van der Waals surface area contributed by atoms with Crippen LogP contribution in [0, 0.1) is 0 Å². The predicted octanol–water partition coefficient (Wildman–Crippen LogP) is 6.48. The third kappa shape index (κ3) is 4.65. The topological polar surface area (TPSA) is 12.4 Å². The van der Waals surface area contributed by atoms with Crippen molar-refractivity contribution in [2.24, 2.45) is 4.52 Å². The van der Waals surface area contributed by atoms with Gasteiger partial charge >= 0.3 is 161 Å². The van der Waals surface area contributed by atoms with E-state index in [1.165, 1.54) is 0 Å². The van der Waals surface area contributed by atoms with Crippen molar-refractivity contribution in [1.29, 1.82) is 0 Å². The van der Waals surface area contributed by atoms with Crippen LogP contribution in [0.4, 0.5) is 0 Å². The fourth-order valence-electron chi connectivity index (χ4n) is 2.73. The van der Waals surface area contributed by atoms with Gasteiger partial charge in [-0.25, -0.2) is 0 Å². The van der Waals surface area contributed by atoms with Crippen molar-refractivity contribution in [3.63, 3.8) is 0 Å². The van der Waals surface area contributed by atoms with Crippen molar-refractivity contribution in [2.75, 3.05) is 0 Å². The molecule has 0 aromatic rings. The van der Waals surface area contributed by atoms with Crippen molar-refractivity contribution in [1.82, 2.24) is 0 Å². The van der Waals surface area contributed by atoms with Gasteiger partial charge in [-0.3, -0.25) is 0 Å². The zero-order valence-corrected chi connectivity index (χ0v) is 22.6. The molecule has 0 heterocycles. The molecule has 1 radical (unpaired) electrons. The number of hydrogen-bond acceptors (Lipinski definition) is 1. The van der Waals surface area contributed by atoms with Crippen molar-refractivity contribution < 1.29 is 0 Å². The quantitative estimate of drug-likeness (QED) is 0.258. The maximum absolute atomic E-state index is 5.86. The molecule has 0 fully saturated rings. The molecular weight excluding hydrogens is 523 g/mol. The van der Waals surface area contributed by atoms with Gasteiger partial charge in [-0.05, 0) is 0 Å². The van der Waals surface area contributed by atoms with Crippen molar-refractivity contribution in [3.8, 4) is 0 Å². The van der Waals surface area contributed by atoms with Gasteiger partial charge in [-0.1, -0.05) is 0 Å². The van der Waals surface area contributed by atoms with Gasteiger partial charge in [0.05, 0.1) is 0 Å². The minimum absolute atomic E-state index is 0.259. The Kier molecular flexibility index (Phi) is 7.21. The first-order valence-corrected chi connectivity index (χ1v) is 17.2. The van der Waals surface area contributed by atoms with Crippen LogP contribution < -0.4 is 0 Å². The molecule has 0 atom stereocenters. The summed E-state index contributed by atoms with van der Waals surface area (Å²) in [6, 6.07) is 0. The molecular formula is C16H36NP2Te2. The summed E-state index contributed by atoms with van der Waals surface area (Å²) in [7, 11) is 0. The molecule has 0 unspecified atom stereocenters. The zero-order chi connectivity index (χ0) is 17.7. The maximum atomic E-state index is 5.86. The van der Waals surface area contributed by atoms with Crippen molar-refractivity contribution >= 4 is 52.4 Å². The molecule has 127 valence electrons. The Morgan fingerprint density at radius 2 is 0.810 bits per heavy atom. The van der Waals surface area contributed by atoms with Gasteiger partial charge in [0.2, 0.25) is 0 Å². The Labute approximate surface area is 159 Å². The van der Waals surface area contributed by atoms with E-state index in [2.05, 4.69) is 126 Å². The van der Waals surface area contributed by atoms with E-state index in [-0.39, 0.29) is 20.6 Å². The normalized spacial score (nSPS) is 16.0. The van der Waals surface area contributed by atoms with Crippen LogP contribution in [0.25, 0.3) is 0 Å². The third-order valence-electron chi connectivity index (χ3n) is 3.89. The van der Waals surface area contributed by atoms with Crippen LogP contribution in [0.5, 0.6) is 0 Å². The molecule has 0 aromatic carbocycles. The molecule has 21 heavy (non-hydrogen) atoms. The van der Waals surface area contributed by atoms with Gasteiger partial charge in [0, 0.05) is 0 Å². The van der Waals surface area contributed by atoms with Gasteiger partial charge in [0.15, 0.2) is 0 Å². The standard InChI is InChI=1S/C16H36NP2Te2/c1-13(2,3)18(20,14(4,5)6)17-19(21,15(7,8)9)16(10,11)12/h1-12H3. The average molecular weight is 560 g/mol. The summed E-state index contributed by atoms with van der Waals surface area (Å²) in [5.41, 5.74) is 0. The second kappa shape index (κ2) is 6.52. The summed E-state index contributed by atoms with van der Waals surface area (Å²) in [5, 5.41) is 1.04. The predicted molar refractivity (Wildman–Crippen MR) is 107 cm³/mol. The zero-order valence-electron chi connectivity index (χ0n) is 16.2.